The summed E-state index contributed by atoms with van der Waals surface area (Å²) in [5.41, 5.74) is 2.32. The standard InChI is InChI=1S/C8H13IN2O/c1-7-8(3-2-4-10-7)11(9)5-6-12/h2-3,10,12H,4-6H2,1H3. The number of aliphatic hydroxyl groups excluding tert-OH is 1. The Morgan fingerprint density at radius 2 is 2.50 bits per heavy atom. The summed E-state index contributed by atoms with van der Waals surface area (Å²) in [6.07, 6.45) is 4.15. The summed E-state index contributed by atoms with van der Waals surface area (Å²) in [7, 11) is 0. The monoisotopic (exact) mass is 280 g/mol. The van der Waals surface area contributed by atoms with Gasteiger partial charge < -0.3 is 13.5 Å². The average Bonchev–Trinajstić information content (AvgIpc) is 2.05. The van der Waals surface area contributed by atoms with Gasteiger partial charge in [0.05, 0.1) is 41.7 Å². The minimum Gasteiger partial charge on any atom is -0.395 e. The van der Waals surface area contributed by atoms with Crippen molar-refractivity contribution in [3.05, 3.63) is 23.5 Å². The van der Waals surface area contributed by atoms with Crippen molar-refractivity contribution >= 4 is 22.9 Å². The van der Waals surface area contributed by atoms with Gasteiger partial charge in [0.1, 0.15) is 0 Å². The van der Waals surface area contributed by atoms with Crippen LogP contribution in [-0.4, -0.2) is 27.9 Å². The Bertz CT molecular complexity index is 213. The van der Waals surface area contributed by atoms with E-state index in [-0.39, 0.29) is 6.61 Å². The third kappa shape index (κ3) is 2.38. The zero-order chi connectivity index (χ0) is 8.97. The van der Waals surface area contributed by atoms with E-state index in [4.69, 9.17) is 5.11 Å². The maximum Gasteiger partial charge on any atom is 0.0642 e. The van der Waals surface area contributed by atoms with Crippen molar-refractivity contribution < 1.29 is 5.11 Å². The van der Waals surface area contributed by atoms with E-state index in [1.165, 1.54) is 5.70 Å². The third-order valence-corrected chi connectivity index (χ3v) is 2.70. The van der Waals surface area contributed by atoms with E-state index in [2.05, 4.69) is 40.3 Å². The van der Waals surface area contributed by atoms with Crippen molar-refractivity contribution in [1.82, 2.24) is 8.43 Å². The molecule has 1 aliphatic rings. The molecule has 0 saturated carbocycles. The Labute approximate surface area is 86.6 Å². The molecule has 0 amide bonds. The first-order valence-corrected chi connectivity index (χ1v) is 4.87. The van der Waals surface area contributed by atoms with Crippen LogP contribution >= 0.6 is 22.9 Å². The van der Waals surface area contributed by atoms with Crippen molar-refractivity contribution in [2.24, 2.45) is 0 Å². The van der Waals surface area contributed by atoms with Crippen LogP contribution in [-0.2, 0) is 0 Å². The maximum absolute atomic E-state index is 8.74. The van der Waals surface area contributed by atoms with Crippen LogP contribution in [0.25, 0.3) is 0 Å². The Morgan fingerprint density at radius 3 is 3.08 bits per heavy atom. The lowest BCUT2D eigenvalue weighted by molar-refractivity contribution is 0.280. The van der Waals surface area contributed by atoms with Gasteiger partial charge >= 0.3 is 0 Å². The number of aliphatic hydroxyl groups is 1. The predicted octanol–water partition coefficient (Wildman–Crippen LogP) is 1.02. The van der Waals surface area contributed by atoms with E-state index in [0.717, 1.165) is 12.2 Å². The number of nitrogens with one attached hydrogen (secondary N) is 1. The van der Waals surface area contributed by atoms with Crippen molar-refractivity contribution in [3.63, 3.8) is 0 Å². The molecule has 3 nitrogen and oxygen atoms in total. The van der Waals surface area contributed by atoms with Crippen LogP contribution in [0.1, 0.15) is 6.92 Å². The molecule has 0 saturated heterocycles. The molecule has 0 bridgehead atoms. The summed E-state index contributed by atoms with van der Waals surface area (Å²) in [5.74, 6) is 0. The van der Waals surface area contributed by atoms with Gasteiger partial charge in [-0.05, 0) is 13.0 Å². The summed E-state index contributed by atoms with van der Waals surface area (Å²) in [4.78, 5) is 0. The number of hydrogen-bond donors (Lipinski definition) is 2. The molecule has 1 rings (SSSR count). The van der Waals surface area contributed by atoms with Gasteiger partial charge in [0.2, 0.25) is 0 Å². The quantitative estimate of drug-likeness (QED) is 0.598. The van der Waals surface area contributed by atoms with Crippen LogP contribution in [0.2, 0.25) is 0 Å². The first kappa shape index (κ1) is 9.85. The lowest BCUT2D eigenvalue weighted by Crippen LogP contribution is -2.23. The first-order chi connectivity index (χ1) is 5.75. The molecule has 1 aliphatic heterocycles. The molecule has 0 aliphatic carbocycles. The normalized spacial score (nSPS) is 16.2. The SMILES string of the molecule is CC1=C(N(I)CCO)C=CCN1. The smallest absolute Gasteiger partial charge is 0.0642 e. The van der Waals surface area contributed by atoms with Gasteiger partial charge in [0.15, 0.2) is 0 Å². The number of dihydropyridines is 1. The van der Waals surface area contributed by atoms with Gasteiger partial charge in [0, 0.05) is 12.2 Å². The zero-order valence-corrected chi connectivity index (χ0v) is 9.21. The second-order valence-electron chi connectivity index (χ2n) is 2.60. The van der Waals surface area contributed by atoms with E-state index < -0.39 is 0 Å². The highest BCUT2D eigenvalue weighted by atomic mass is 127. The highest BCUT2D eigenvalue weighted by Gasteiger charge is 2.08. The summed E-state index contributed by atoms with van der Waals surface area (Å²) < 4.78 is 2.01. The number of nitrogens with zero attached hydrogens (tertiary/aromatic N) is 1. The second kappa shape index (κ2) is 4.71. The third-order valence-electron chi connectivity index (χ3n) is 1.70. The minimum absolute atomic E-state index is 0.188. The van der Waals surface area contributed by atoms with Crippen molar-refractivity contribution in [3.8, 4) is 0 Å². The first-order valence-electron chi connectivity index (χ1n) is 3.91. The fourth-order valence-corrected chi connectivity index (χ4v) is 1.81. The predicted molar refractivity (Wildman–Crippen MR) is 57.7 cm³/mol. The lowest BCUT2D eigenvalue weighted by atomic mass is 10.2. The Morgan fingerprint density at radius 1 is 1.75 bits per heavy atom. The van der Waals surface area contributed by atoms with Gasteiger partial charge in [-0.15, -0.1) is 0 Å². The molecule has 0 spiro atoms. The highest BCUT2D eigenvalue weighted by molar-refractivity contribution is 14.1. The summed E-state index contributed by atoms with van der Waals surface area (Å²) in [5, 5.41) is 12.0. The number of rotatable bonds is 3. The molecule has 0 aromatic heterocycles. The molecular formula is C8H13IN2O. The number of allylic oxidation sites excluding steroid dienone is 2. The summed E-state index contributed by atoms with van der Waals surface area (Å²) >= 11 is 2.20. The van der Waals surface area contributed by atoms with Gasteiger partial charge in [-0.1, -0.05) is 6.08 Å². The molecule has 0 atom stereocenters. The van der Waals surface area contributed by atoms with E-state index in [0.29, 0.717) is 6.54 Å². The maximum atomic E-state index is 8.74. The van der Waals surface area contributed by atoms with Crippen molar-refractivity contribution in [2.75, 3.05) is 19.7 Å². The minimum atomic E-state index is 0.188. The molecule has 68 valence electrons. The van der Waals surface area contributed by atoms with E-state index >= 15 is 0 Å². The molecule has 0 fully saturated rings. The largest absolute Gasteiger partial charge is 0.395 e. The molecule has 0 aromatic carbocycles. The van der Waals surface area contributed by atoms with Gasteiger partial charge in [-0.3, -0.25) is 0 Å². The Hall–Kier alpha value is -0.230. The number of halogens is 1. The Balaban J connectivity index is 2.65. The van der Waals surface area contributed by atoms with E-state index in [1.54, 1.807) is 0 Å². The number of hydrogen-bond acceptors (Lipinski definition) is 3. The molecule has 2 N–H and O–H groups in total. The van der Waals surface area contributed by atoms with Crippen LogP contribution < -0.4 is 5.32 Å². The summed E-state index contributed by atoms with van der Waals surface area (Å²) in [6, 6.07) is 0. The molecule has 12 heavy (non-hydrogen) atoms. The fraction of sp³-hybridized carbons (Fsp3) is 0.500. The molecule has 0 aromatic rings. The van der Waals surface area contributed by atoms with E-state index in [9.17, 15) is 0 Å². The zero-order valence-electron chi connectivity index (χ0n) is 7.05. The average molecular weight is 280 g/mol. The lowest BCUT2D eigenvalue weighted by Gasteiger charge is -2.22. The van der Waals surface area contributed by atoms with Gasteiger partial charge in [-0.25, -0.2) is 0 Å². The van der Waals surface area contributed by atoms with Crippen molar-refractivity contribution in [2.45, 2.75) is 6.92 Å². The molecule has 0 unspecified atom stereocenters. The van der Waals surface area contributed by atoms with Crippen molar-refractivity contribution in [1.29, 1.82) is 0 Å². The van der Waals surface area contributed by atoms with Crippen LogP contribution in [0.15, 0.2) is 23.5 Å². The van der Waals surface area contributed by atoms with Crippen LogP contribution in [0, 0.1) is 0 Å². The van der Waals surface area contributed by atoms with Crippen LogP contribution in [0.5, 0.6) is 0 Å². The van der Waals surface area contributed by atoms with Crippen LogP contribution in [0.3, 0.4) is 0 Å². The van der Waals surface area contributed by atoms with E-state index in [1.807, 2.05) is 10.0 Å². The molecule has 0 radical (unpaired) electrons. The van der Waals surface area contributed by atoms with Gasteiger partial charge in [0.25, 0.3) is 0 Å². The molecule has 1 heterocycles. The Kier molecular flexibility index (Phi) is 3.87. The highest BCUT2D eigenvalue weighted by Crippen LogP contribution is 2.16. The molecule has 4 heteroatoms. The van der Waals surface area contributed by atoms with Crippen LogP contribution in [0.4, 0.5) is 0 Å². The fourth-order valence-electron chi connectivity index (χ4n) is 1.07. The van der Waals surface area contributed by atoms with Gasteiger partial charge in [-0.2, -0.15) is 0 Å². The summed E-state index contributed by atoms with van der Waals surface area (Å²) in [6.45, 7) is 3.80. The molecular weight excluding hydrogens is 267 g/mol. The second-order valence-corrected chi connectivity index (χ2v) is 3.77. The topological polar surface area (TPSA) is 35.5 Å².